The zero-order valence-electron chi connectivity index (χ0n) is 10.5. The van der Waals surface area contributed by atoms with Gasteiger partial charge in [0.1, 0.15) is 11.8 Å². The van der Waals surface area contributed by atoms with Crippen LogP contribution in [0.3, 0.4) is 0 Å². The van der Waals surface area contributed by atoms with Crippen molar-refractivity contribution in [1.29, 1.82) is 0 Å². The molecule has 0 bridgehead atoms. The molecular formula is C13H16N2O3. The molecule has 2 amide bonds. The Balaban J connectivity index is 2.27. The number of hydrogen-bond acceptors (Lipinski definition) is 3. The van der Waals surface area contributed by atoms with Crippen LogP contribution in [0.2, 0.25) is 0 Å². The summed E-state index contributed by atoms with van der Waals surface area (Å²) in [5.74, 6) is 0.236. The minimum atomic E-state index is -0.448. The molecule has 1 aromatic carbocycles. The Hall–Kier alpha value is -2.04. The molecule has 0 radical (unpaired) electrons. The quantitative estimate of drug-likeness (QED) is 0.836. The van der Waals surface area contributed by atoms with Gasteiger partial charge >= 0.3 is 0 Å². The van der Waals surface area contributed by atoms with Crippen molar-refractivity contribution in [2.45, 2.75) is 13.0 Å². The van der Waals surface area contributed by atoms with Crippen LogP contribution in [0, 0.1) is 0 Å². The lowest BCUT2D eigenvalue weighted by Crippen LogP contribution is -2.55. The first kappa shape index (κ1) is 12.4. The molecule has 1 heterocycles. The van der Waals surface area contributed by atoms with Crippen LogP contribution in [0.4, 0.5) is 0 Å². The van der Waals surface area contributed by atoms with Gasteiger partial charge in [0, 0.05) is 13.1 Å². The molecule has 1 atom stereocenters. The number of hydrogen-bond donors (Lipinski definition) is 1. The number of para-hydroxylation sites is 1. The maximum Gasteiger partial charge on any atom is 0.258 e. The van der Waals surface area contributed by atoms with Gasteiger partial charge < -0.3 is 15.0 Å². The Morgan fingerprint density at radius 3 is 2.89 bits per heavy atom. The number of benzene rings is 1. The molecule has 0 aliphatic carbocycles. The summed E-state index contributed by atoms with van der Waals surface area (Å²) in [5, 5.41) is 2.73. The van der Waals surface area contributed by atoms with Crippen molar-refractivity contribution in [3.8, 4) is 5.75 Å². The summed E-state index contributed by atoms with van der Waals surface area (Å²) in [5.41, 5.74) is 0.488. The molecule has 1 unspecified atom stereocenters. The molecule has 1 aliphatic heterocycles. The highest BCUT2D eigenvalue weighted by Gasteiger charge is 2.30. The van der Waals surface area contributed by atoms with Gasteiger partial charge in [-0.3, -0.25) is 9.59 Å². The summed E-state index contributed by atoms with van der Waals surface area (Å²) >= 11 is 0. The Kier molecular flexibility index (Phi) is 3.50. The SMILES string of the molecule is COc1ccccc1C(=O)N1CCNC(=O)C1C. The molecule has 5 heteroatoms. The first-order valence-corrected chi connectivity index (χ1v) is 5.87. The van der Waals surface area contributed by atoms with E-state index in [1.54, 1.807) is 30.0 Å². The second-order valence-electron chi connectivity index (χ2n) is 4.17. The van der Waals surface area contributed by atoms with E-state index in [-0.39, 0.29) is 11.8 Å². The largest absolute Gasteiger partial charge is 0.496 e. The molecule has 1 N–H and O–H groups in total. The van der Waals surface area contributed by atoms with E-state index in [1.165, 1.54) is 7.11 Å². The first-order chi connectivity index (χ1) is 8.65. The van der Waals surface area contributed by atoms with Crippen LogP contribution in [0.5, 0.6) is 5.75 Å². The fraction of sp³-hybridized carbons (Fsp3) is 0.385. The summed E-state index contributed by atoms with van der Waals surface area (Å²) in [4.78, 5) is 25.5. The van der Waals surface area contributed by atoms with Crippen molar-refractivity contribution in [2.24, 2.45) is 0 Å². The van der Waals surface area contributed by atoms with Gasteiger partial charge in [-0.25, -0.2) is 0 Å². The zero-order valence-corrected chi connectivity index (χ0v) is 10.5. The lowest BCUT2D eigenvalue weighted by atomic mass is 10.1. The smallest absolute Gasteiger partial charge is 0.258 e. The fourth-order valence-corrected chi connectivity index (χ4v) is 2.04. The molecule has 1 saturated heterocycles. The van der Waals surface area contributed by atoms with Gasteiger partial charge in [-0.1, -0.05) is 12.1 Å². The van der Waals surface area contributed by atoms with E-state index in [2.05, 4.69) is 5.32 Å². The van der Waals surface area contributed by atoms with E-state index < -0.39 is 6.04 Å². The van der Waals surface area contributed by atoms with Gasteiger partial charge in [-0.2, -0.15) is 0 Å². The predicted molar refractivity (Wildman–Crippen MR) is 66.5 cm³/mol. The van der Waals surface area contributed by atoms with Crippen molar-refractivity contribution in [1.82, 2.24) is 10.2 Å². The van der Waals surface area contributed by atoms with Gasteiger partial charge in [0.2, 0.25) is 5.91 Å². The van der Waals surface area contributed by atoms with Gasteiger partial charge in [0.05, 0.1) is 12.7 Å². The lowest BCUT2D eigenvalue weighted by molar-refractivity contribution is -0.127. The second kappa shape index (κ2) is 5.08. The summed E-state index contributed by atoms with van der Waals surface area (Å²) < 4.78 is 5.17. The zero-order chi connectivity index (χ0) is 13.1. The molecule has 0 spiro atoms. The minimum Gasteiger partial charge on any atom is -0.496 e. The minimum absolute atomic E-state index is 0.121. The standard InChI is InChI=1S/C13H16N2O3/c1-9-12(16)14-7-8-15(9)13(17)10-5-3-4-6-11(10)18-2/h3-6,9H,7-8H2,1-2H3,(H,14,16). The maximum absolute atomic E-state index is 12.4. The van der Waals surface area contributed by atoms with E-state index >= 15 is 0 Å². The highest BCUT2D eigenvalue weighted by atomic mass is 16.5. The number of methoxy groups -OCH3 is 1. The number of piperazine rings is 1. The van der Waals surface area contributed by atoms with Gasteiger partial charge in [0.25, 0.3) is 5.91 Å². The second-order valence-corrected chi connectivity index (χ2v) is 4.17. The Morgan fingerprint density at radius 2 is 2.17 bits per heavy atom. The Bertz CT molecular complexity index is 473. The molecule has 5 nitrogen and oxygen atoms in total. The molecule has 1 aliphatic rings. The molecule has 96 valence electrons. The molecule has 1 fully saturated rings. The summed E-state index contributed by atoms with van der Waals surface area (Å²) in [7, 11) is 1.53. The Morgan fingerprint density at radius 1 is 1.44 bits per heavy atom. The van der Waals surface area contributed by atoms with Crippen LogP contribution >= 0.6 is 0 Å². The van der Waals surface area contributed by atoms with Gasteiger partial charge in [-0.15, -0.1) is 0 Å². The fourth-order valence-electron chi connectivity index (χ4n) is 2.04. The number of ether oxygens (including phenoxy) is 1. The predicted octanol–water partition coefficient (Wildman–Crippen LogP) is 0.656. The summed E-state index contributed by atoms with van der Waals surface area (Å²) in [6, 6.07) is 6.59. The highest BCUT2D eigenvalue weighted by molar-refractivity contribution is 6.00. The number of rotatable bonds is 2. The van der Waals surface area contributed by atoms with Crippen LogP contribution in [-0.4, -0.2) is 43.0 Å². The topological polar surface area (TPSA) is 58.6 Å². The van der Waals surface area contributed by atoms with E-state index in [9.17, 15) is 9.59 Å². The number of nitrogens with zero attached hydrogens (tertiary/aromatic N) is 1. The normalized spacial score (nSPS) is 19.3. The molecule has 18 heavy (non-hydrogen) atoms. The third kappa shape index (κ3) is 2.16. The maximum atomic E-state index is 12.4. The number of nitrogens with one attached hydrogen (secondary N) is 1. The summed E-state index contributed by atoms with van der Waals surface area (Å²) in [6.07, 6.45) is 0. The van der Waals surface area contributed by atoms with E-state index in [1.807, 2.05) is 6.07 Å². The first-order valence-electron chi connectivity index (χ1n) is 5.87. The third-order valence-corrected chi connectivity index (χ3v) is 3.10. The van der Waals surface area contributed by atoms with Crippen molar-refractivity contribution in [3.05, 3.63) is 29.8 Å². The number of carbonyl (C=O) groups is 2. The van der Waals surface area contributed by atoms with Crippen molar-refractivity contribution in [3.63, 3.8) is 0 Å². The number of amides is 2. The van der Waals surface area contributed by atoms with Crippen molar-refractivity contribution < 1.29 is 14.3 Å². The average molecular weight is 248 g/mol. The molecule has 2 rings (SSSR count). The van der Waals surface area contributed by atoms with Gasteiger partial charge in [0.15, 0.2) is 0 Å². The van der Waals surface area contributed by atoms with E-state index in [0.717, 1.165) is 0 Å². The van der Waals surface area contributed by atoms with Crippen molar-refractivity contribution in [2.75, 3.05) is 20.2 Å². The van der Waals surface area contributed by atoms with Gasteiger partial charge in [-0.05, 0) is 19.1 Å². The van der Waals surface area contributed by atoms with Crippen molar-refractivity contribution >= 4 is 11.8 Å². The molecule has 0 saturated carbocycles. The molecular weight excluding hydrogens is 232 g/mol. The van der Waals surface area contributed by atoms with Crippen LogP contribution in [-0.2, 0) is 4.79 Å². The monoisotopic (exact) mass is 248 g/mol. The van der Waals surface area contributed by atoms with E-state index in [4.69, 9.17) is 4.74 Å². The van der Waals surface area contributed by atoms with Crippen LogP contribution in [0.15, 0.2) is 24.3 Å². The summed E-state index contributed by atoms with van der Waals surface area (Å²) in [6.45, 7) is 2.73. The average Bonchev–Trinajstić information content (AvgIpc) is 2.41. The van der Waals surface area contributed by atoms with Crippen LogP contribution < -0.4 is 10.1 Å². The number of carbonyl (C=O) groups excluding carboxylic acids is 2. The molecule has 0 aromatic heterocycles. The van der Waals surface area contributed by atoms with Crippen LogP contribution in [0.1, 0.15) is 17.3 Å². The van der Waals surface area contributed by atoms with Crippen LogP contribution in [0.25, 0.3) is 0 Å². The Labute approximate surface area is 106 Å². The van der Waals surface area contributed by atoms with E-state index in [0.29, 0.717) is 24.4 Å². The highest BCUT2D eigenvalue weighted by Crippen LogP contribution is 2.20. The third-order valence-electron chi connectivity index (χ3n) is 3.10. The molecule has 1 aromatic rings. The lowest BCUT2D eigenvalue weighted by Gasteiger charge is -2.33.